The Balaban J connectivity index is 1.83. The number of fused-ring (bicyclic) bond motifs is 1. The van der Waals surface area contributed by atoms with Crippen LogP contribution in [0.4, 0.5) is 0 Å². The minimum Gasteiger partial charge on any atom is -0.493 e. The fraction of sp³-hybridized carbons (Fsp3) is 0.333. The molecular formula is C30H34N2O2. The number of benzene rings is 3. The first-order chi connectivity index (χ1) is 16.6. The van der Waals surface area contributed by atoms with Gasteiger partial charge in [0.2, 0.25) is 0 Å². The van der Waals surface area contributed by atoms with Crippen LogP contribution in [-0.4, -0.2) is 16.2 Å². The maximum absolute atomic E-state index is 13.7. The molecule has 1 heterocycles. The second kappa shape index (κ2) is 11.1. The third-order valence-electron chi connectivity index (χ3n) is 6.49. The molecule has 1 aromatic heterocycles. The van der Waals surface area contributed by atoms with Gasteiger partial charge in [0.15, 0.2) is 5.82 Å². The van der Waals surface area contributed by atoms with E-state index in [-0.39, 0.29) is 5.56 Å². The Morgan fingerprint density at radius 1 is 0.882 bits per heavy atom. The molecule has 176 valence electrons. The van der Waals surface area contributed by atoms with Crippen molar-refractivity contribution in [1.29, 1.82) is 0 Å². The number of hydrogen-bond acceptors (Lipinski definition) is 3. The molecule has 3 aromatic carbocycles. The van der Waals surface area contributed by atoms with Crippen LogP contribution in [0.3, 0.4) is 0 Å². The zero-order chi connectivity index (χ0) is 23.9. The molecule has 0 amide bonds. The van der Waals surface area contributed by atoms with E-state index in [1.165, 1.54) is 18.4 Å². The second-order valence-electron chi connectivity index (χ2n) is 8.90. The first kappa shape index (κ1) is 23.7. The molecule has 4 heteroatoms. The van der Waals surface area contributed by atoms with Crippen molar-refractivity contribution in [3.63, 3.8) is 0 Å². The van der Waals surface area contributed by atoms with Crippen LogP contribution in [0.5, 0.6) is 5.75 Å². The highest BCUT2D eigenvalue weighted by Crippen LogP contribution is 2.31. The van der Waals surface area contributed by atoms with E-state index < -0.39 is 0 Å². The lowest BCUT2D eigenvalue weighted by atomic mass is 9.98. The zero-order valence-electron chi connectivity index (χ0n) is 20.5. The van der Waals surface area contributed by atoms with Gasteiger partial charge in [-0.05, 0) is 60.7 Å². The predicted octanol–water partition coefficient (Wildman–Crippen LogP) is 7.53. The SMILES string of the molecule is CCCCCCOc1ccccc1-c1nc2ccccc2c(=O)n1-c1ccc([C@H](C)CC)cc1. The lowest BCUT2D eigenvalue weighted by molar-refractivity contribution is 0.306. The van der Waals surface area contributed by atoms with Crippen molar-refractivity contribution in [2.24, 2.45) is 0 Å². The van der Waals surface area contributed by atoms with E-state index in [2.05, 4.69) is 32.9 Å². The number of para-hydroxylation sites is 2. The molecule has 0 N–H and O–H groups in total. The van der Waals surface area contributed by atoms with E-state index in [9.17, 15) is 4.79 Å². The summed E-state index contributed by atoms with van der Waals surface area (Å²) in [5.74, 6) is 1.83. The number of aromatic nitrogens is 2. The van der Waals surface area contributed by atoms with Gasteiger partial charge in [-0.3, -0.25) is 9.36 Å². The Bertz CT molecular complexity index is 1290. The standard InChI is InChI=1S/C30H34N2O2/c1-4-6-7-12-21-34-28-16-11-9-14-26(28)29-31-27-15-10-8-13-25(27)30(33)32(29)24-19-17-23(18-20-24)22(3)5-2/h8-11,13-20,22H,4-7,12,21H2,1-3H3/t22-/m1/s1. The first-order valence-corrected chi connectivity index (χ1v) is 12.5. The minimum absolute atomic E-state index is 0.0744. The van der Waals surface area contributed by atoms with Crippen LogP contribution in [0, 0.1) is 0 Å². The Labute approximate surface area is 202 Å². The molecule has 0 bridgehead atoms. The van der Waals surface area contributed by atoms with Crippen molar-refractivity contribution in [2.75, 3.05) is 6.61 Å². The lowest BCUT2D eigenvalue weighted by Crippen LogP contribution is -2.22. The topological polar surface area (TPSA) is 44.1 Å². The van der Waals surface area contributed by atoms with E-state index in [4.69, 9.17) is 9.72 Å². The molecule has 0 radical (unpaired) electrons. The van der Waals surface area contributed by atoms with Gasteiger partial charge < -0.3 is 4.74 Å². The quantitative estimate of drug-likeness (QED) is 0.233. The smallest absolute Gasteiger partial charge is 0.266 e. The molecule has 0 aliphatic carbocycles. The van der Waals surface area contributed by atoms with Gasteiger partial charge in [0.1, 0.15) is 5.75 Å². The zero-order valence-corrected chi connectivity index (χ0v) is 20.5. The molecule has 1 atom stereocenters. The van der Waals surface area contributed by atoms with Crippen molar-refractivity contribution >= 4 is 10.9 Å². The van der Waals surface area contributed by atoms with Gasteiger partial charge in [0.05, 0.1) is 28.8 Å². The van der Waals surface area contributed by atoms with Crippen molar-refractivity contribution in [1.82, 2.24) is 9.55 Å². The number of nitrogens with zero attached hydrogens (tertiary/aromatic N) is 2. The first-order valence-electron chi connectivity index (χ1n) is 12.5. The third-order valence-corrected chi connectivity index (χ3v) is 6.49. The van der Waals surface area contributed by atoms with Crippen molar-refractivity contribution in [3.8, 4) is 22.8 Å². The summed E-state index contributed by atoms with van der Waals surface area (Å²) in [6.45, 7) is 7.26. The number of hydrogen-bond donors (Lipinski definition) is 0. The summed E-state index contributed by atoms with van der Waals surface area (Å²) in [6.07, 6.45) is 5.64. The molecule has 0 unspecified atom stereocenters. The Kier molecular flexibility index (Phi) is 7.79. The maximum atomic E-state index is 13.7. The van der Waals surface area contributed by atoms with Crippen LogP contribution in [-0.2, 0) is 0 Å². The van der Waals surface area contributed by atoms with Gasteiger partial charge >= 0.3 is 0 Å². The van der Waals surface area contributed by atoms with Gasteiger partial charge in [-0.2, -0.15) is 0 Å². The summed E-state index contributed by atoms with van der Waals surface area (Å²) in [7, 11) is 0. The maximum Gasteiger partial charge on any atom is 0.266 e. The summed E-state index contributed by atoms with van der Waals surface area (Å²) in [5, 5.41) is 0.607. The Hall–Kier alpha value is -3.40. The molecule has 0 aliphatic rings. The van der Waals surface area contributed by atoms with Crippen LogP contribution in [0.25, 0.3) is 28.0 Å². The molecule has 4 aromatic rings. The second-order valence-corrected chi connectivity index (χ2v) is 8.90. The minimum atomic E-state index is -0.0744. The average Bonchev–Trinajstić information content (AvgIpc) is 2.88. The Morgan fingerprint density at radius 3 is 2.38 bits per heavy atom. The van der Waals surface area contributed by atoms with E-state index >= 15 is 0 Å². The van der Waals surface area contributed by atoms with Gasteiger partial charge in [0, 0.05) is 0 Å². The van der Waals surface area contributed by atoms with E-state index in [0.29, 0.717) is 29.3 Å². The summed E-state index contributed by atoms with van der Waals surface area (Å²) in [6, 6.07) is 23.7. The molecule has 0 spiro atoms. The molecule has 4 rings (SSSR count). The van der Waals surface area contributed by atoms with Crippen LogP contribution in [0.2, 0.25) is 0 Å². The van der Waals surface area contributed by atoms with Crippen molar-refractivity contribution in [2.45, 2.75) is 58.8 Å². The summed E-state index contributed by atoms with van der Waals surface area (Å²) in [4.78, 5) is 18.7. The molecule has 0 saturated heterocycles. The molecule has 4 nitrogen and oxygen atoms in total. The average molecular weight is 455 g/mol. The summed E-state index contributed by atoms with van der Waals surface area (Å²) < 4.78 is 7.91. The molecule has 0 saturated carbocycles. The van der Waals surface area contributed by atoms with Crippen LogP contribution in [0.1, 0.15) is 64.4 Å². The summed E-state index contributed by atoms with van der Waals surface area (Å²) >= 11 is 0. The fourth-order valence-electron chi connectivity index (χ4n) is 4.23. The highest BCUT2D eigenvalue weighted by atomic mass is 16.5. The number of ether oxygens (including phenoxy) is 1. The molecule has 34 heavy (non-hydrogen) atoms. The van der Waals surface area contributed by atoms with Gasteiger partial charge in [-0.1, -0.05) is 76.4 Å². The van der Waals surface area contributed by atoms with Crippen LogP contribution in [0.15, 0.2) is 77.6 Å². The van der Waals surface area contributed by atoms with Crippen LogP contribution >= 0.6 is 0 Å². The van der Waals surface area contributed by atoms with E-state index in [1.54, 1.807) is 4.57 Å². The Morgan fingerprint density at radius 2 is 1.62 bits per heavy atom. The van der Waals surface area contributed by atoms with E-state index in [1.807, 2.05) is 60.7 Å². The summed E-state index contributed by atoms with van der Waals surface area (Å²) in [5.41, 5.74) is 3.52. The van der Waals surface area contributed by atoms with Crippen LogP contribution < -0.4 is 10.3 Å². The highest BCUT2D eigenvalue weighted by molar-refractivity contribution is 5.81. The van der Waals surface area contributed by atoms with Crippen molar-refractivity contribution in [3.05, 3.63) is 88.7 Å². The van der Waals surface area contributed by atoms with Crippen molar-refractivity contribution < 1.29 is 4.74 Å². The monoisotopic (exact) mass is 454 g/mol. The highest BCUT2D eigenvalue weighted by Gasteiger charge is 2.18. The molecular weight excluding hydrogens is 420 g/mol. The number of rotatable bonds is 10. The molecule has 0 aliphatic heterocycles. The normalized spacial score (nSPS) is 12.1. The van der Waals surface area contributed by atoms with Gasteiger partial charge in [0.25, 0.3) is 5.56 Å². The number of unbranched alkanes of at least 4 members (excludes halogenated alkanes) is 3. The molecule has 0 fully saturated rings. The van der Waals surface area contributed by atoms with Gasteiger partial charge in [-0.15, -0.1) is 0 Å². The third kappa shape index (κ3) is 5.06. The fourth-order valence-corrected chi connectivity index (χ4v) is 4.23. The van der Waals surface area contributed by atoms with Gasteiger partial charge in [-0.25, -0.2) is 4.98 Å². The largest absolute Gasteiger partial charge is 0.493 e. The lowest BCUT2D eigenvalue weighted by Gasteiger charge is -2.17. The predicted molar refractivity (Wildman–Crippen MR) is 141 cm³/mol. The van der Waals surface area contributed by atoms with E-state index in [0.717, 1.165) is 36.3 Å².